The molecular formula is C23H29NO4. The van der Waals surface area contributed by atoms with Gasteiger partial charge in [0.05, 0.1) is 12.7 Å². The van der Waals surface area contributed by atoms with Crippen LogP contribution in [0.25, 0.3) is 0 Å². The van der Waals surface area contributed by atoms with E-state index < -0.39 is 17.6 Å². The van der Waals surface area contributed by atoms with Crippen molar-refractivity contribution < 1.29 is 19.1 Å². The summed E-state index contributed by atoms with van der Waals surface area (Å²) in [6, 6.07) is 9.42. The van der Waals surface area contributed by atoms with Crippen LogP contribution >= 0.6 is 0 Å². The number of carbonyl (C=O) groups is 2. The predicted molar refractivity (Wildman–Crippen MR) is 108 cm³/mol. The summed E-state index contributed by atoms with van der Waals surface area (Å²) in [5.74, 6) is 1.90. The van der Waals surface area contributed by atoms with E-state index in [0.29, 0.717) is 37.8 Å². The molecule has 1 aromatic carbocycles. The minimum atomic E-state index is -0.573. The molecule has 0 aromatic heterocycles. The second-order valence-electron chi connectivity index (χ2n) is 7.82. The number of rotatable bonds is 6. The van der Waals surface area contributed by atoms with Crippen molar-refractivity contribution in [2.24, 2.45) is 0 Å². The molecule has 0 bridgehead atoms. The Labute approximate surface area is 167 Å². The lowest BCUT2D eigenvalue weighted by molar-refractivity contribution is -0.160. The summed E-state index contributed by atoms with van der Waals surface area (Å²) in [5, 5.41) is 0. The van der Waals surface area contributed by atoms with E-state index >= 15 is 0 Å². The molecular weight excluding hydrogens is 354 g/mol. The molecule has 1 fully saturated rings. The van der Waals surface area contributed by atoms with E-state index in [1.165, 1.54) is 7.11 Å². The molecule has 1 aliphatic rings. The molecule has 1 atom stereocenters. The molecule has 5 heteroatoms. The minimum absolute atomic E-state index is 0.278. The Morgan fingerprint density at radius 3 is 2.50 bits per heavy atom. The van der Waals surface area contributed by atoms with Crippen LogP contribution in [0.15, 0.2) is 41.6 Å². The Balaban J connectivity index is 2.42. The number of nitrogens with zero attached hydrogens (tertiary/aromatic N) is 1. The van der Waals surface area contributed by atoms with Crippen LogP contribution < -0.4 is 0 Å². The fourth-order valence-electron chi connectivity index (χ4n) is 3.37. The van der Waals surface area contributed by atoms with Crippen molar-refractivity contribution in [3.63, 3.8) is 0 Å². The van der Waals surface area contributed by atoms with Crippen LogP contribution in [0.4, 0.5) is 0 Å². The third kappa shape index (κ3) is 5.63. The second-order valence-corrected chi connectivity index (χ2v) is 7.82. The standard InChI is InChI=1S/C23H29NO4/c1-6-7-13-18(21(25)27-5)19-14-15-20(22(26)28-23(2,3)4)24(19)16-17-11-9-8-10-12-17/h1,8-12,20H,7,13-16H2,2-5H3/b19-18-/t20-/m0/s1. The van der Waals surface area contributed by atoms with E-state index in [1.54, 1.807) is 0 Å². The van der Waals surface area contributed by atoms with Gasteiger partial charge in [0.2, 0.25) is 0 Å². The third-order valence-corrected chi connectivity index (χ3v) is 4.55. The first-order valence-electron chi connectivity index (χ1n) is 9.54. The van der Waals surface area contributed by atoms with Gasteiger partial charge in [-0.15, -0.1) is 12.3 Å². The fraction of sp³-hybridized carbons (Fsp3) is 0.478. The third-order valence-electron chi connectivity index (χ3n) is 4.55. The van der Waals surface area contributed by atoms with Crippen LogP contribution in [0, 0.1) is 12.3 Å². The summed E-state index contributed by atoms with van der Waals surface area (Å²) in [5.41, 5.74) is 1.84. The highest BCUT2D eigenvalue weighted by Crippen LogP contribution is 2.34. The number of likely N-dealkylation sites (tertiary alicyclic amines) is 1. The Kier molecular flexibility index (Phi) is 7.28. The number of allylic oxidation sites excluding steroid dienone is 1. The second kappa shape index (κ2) is 9.45. The maximum absolute atomic E-state index is 12.8. The molecule has 1 saturated heterocycles. The lowest BCUT2D eigenvalue weighted by Crippen LogP contribution is -2.40. The van der Waals surface area contributed by atoms with Crippen LogP contribution in [-0.2, 0) is 25.6 Å². The predicted octanol–water partition coefficient (Wildman–Crippen LogP) is 3.83. The number of benzene rings is 1. The molecule has 0 amide bonds. The van der Waals surface area contributed by atoms with Crippen molar-refractivity contribution in [3.05, 3.63) is 47.2 Å². The van der Waals surface area contributed by atoms with Gasteiger partial charge in [-0.25, -0.2) is 9.59 Å². The molecule has 0 aliphatic carbocycles. The van der Waals surface area contributed by atoms with Crippen LogP contribution in [0.5, 0.6) is 0 Å². The van der Waals surface area contributed by atoms with Gasteiger partial charge in [0.1, 0.15) is 11.6 Å². The lowest BCUT2D eigenvalue weighted by Gasteiger charge is -2.30. The average molecular weight is 383 g/mol. The van der Waals surface area contributed by atoms with Crippen molar-refractivity contribution in [2.75, 3.05) is 7.11 Å². The molecule has 0 N–H and O–H groups in total. The Morgan fingerprint density at radius 1 is 1.25 bits per heavy atom. The van der Waals surface area contributed by atoms with Crippen molar-refractivity contribution in [1.82, 2.24) is 4.90 Å². The van der Waals surface area contributed by atoms with E-state index in [0.717, 1.165) is 11.3 Å². The molecule has 150 valence electrons. The first-order chi connectivity index (χ1) is 13.3. The van der Waals surface area contributed by atoms with Gasteiger partial charge >= 0.3 is 11.9 Å². The average Bonchev–Trinajstić information content (AvgIpc) is 3.05. The SMILES string of the molecule is C#CCC/C(C(=O)OC)=C1\CC[C@@H](C(=O)OC(C)(C)C)N1Cc1ccccc1. The smallest absolute Gasteiger partial charge is 0.335 e. The fourth-order valence-corrected chi connectivity index (χ4v) is 3.37. The number of hydrogen-bond donors (Lipinski definition) is 0. The molecule has 1 aliphatic heterocycles. The van der Waals surface area contributed by atoms with Crippen molar-refractivity contribution >= 4 is 11.9 Å². The van der Waals surface area contributed by atoms with E-state index in [9.17, 15) is 9.59 Å². The van der Waals surface area contributed by atoms with Gasteiger partial charge in [-0.2, -0.15) is 0 Å². The number of terminal acetylenes is 1. The zero-order valence-corrected chi connectivity index (χ0v) is 17.2. The summed E-state index contributed by atoms with van der Waals surface area (Å²) in [6.07, 6.45) is 7.46. The Hall–Kier alpha value is -2.74. The molecule has 0 unspecified atom stereocenters. The number of carbonyl (C=O) groups excluding carboxylic acids is 2. The van der Waals surface area contributed by atoms with E-state index in [4.69, 9.17) is 15.9 Å². The van der Waals surface area contributed by atoms with Crippen molar-refractivity contribution in [1.29, 1.82) is 0 Å². The zero-order chi connectivity index (χ0) is 20.7. The zero-order valence-electron chi connectivity index (χ0n) is 17.2. The normalized spacial score (nSPS) is 18.4. The minimum Gasteiger partial charge on any atom is -0.466 e. The maximum atomic E-state index is 12.8. The maximum Gasteiger partial charge on any atom is 0.335 e. The van der Waals surface area contributed by atoms with Gasteiger partial charge in [-0.05, 0) is 45.6 Å². The highest BCUT2D eigenvalue weighted by atomic mass is 16.6. The molecule has 0 radical (unpaired) electrons. The van der Waals surface area contributed by atoms with E-state index in [2.05, 4.69) is 5.92 Å². The Morgan fingerprint density at radius 2 is 1.93 bits per heavy atom. The monoisotopic (exact) mass is 383 g/mol. The molecule has 1 heterocycles. The van der Waals surface area contributed by atoms with Crippen molar-refractivity contribution in [2.45, 2.75) is 64.6 Å². The van der Waals surface area contributed by atoms with Gasteiger partial charge in [-0.1, -0.05) is 30.3 Å². The molecule has 5 nitrogen and oxygen atoms in total. The van der Waals surface area contributed by atoms with Crippen LogP contribution in [0.2, 0.25) is 0 Å². The van der Waals surface area contributed by atoms with Crippen LogP contribution in [0.3, 0.4) is 0 Å². The quantitative estimate of drug-likeness (QED) is 0.424. The first-order valence-corrected chi connectivity index (χ1v) is 9.54. The van der Waals surface area contributed by atoms with E-state index in [1.807, 2.05) is 56.0 Å². The summed E-state index contributed by atoms with van der Waals surface area (Å²) in [7, 11) is 1.36. The van der Waals surface area contributed by atoms with Gasteiger partial charge < -0.3 is 14.4 Å². The number of ether oxygens (including phenoxy) is 2. The largest absolute Gasteiger partial charge is 0.466 e. The van der Waals surface area contributed by atoms with Crippen molar-refractivity contribution in [3.8, 4) is 12.3 Å². The van der Waals surface area contributed by atoms with Crippen LogP contribution in [-0.4, -0.2) is 35.6 Å². The number of methoxy groups -OCH3 is 1. The molecule has 1 aromatic rings. The summed E-state index contributed by atoms with van der Waals surface area (Å²) in [4.78, 5) is 27.2. The molecule has 0 spiro atoms. The molecule has 2 rings (SSSR count). The molecule has 28 heavy (non-hydrogen) atoms. The van der Waals surface area contributed by atoms with Crippen LogP contribution in [0.1, 0.15) is 52.0 Å². The Bertz CT molecular complexity index is 768. The first kappa shape index (κ1) is 21.6. The van der Waals surface area contributed by atoms with Gasteiger partial charge in [0, 0.05) is 18.7 Å². The number of hydrogen-bond acceptors (Lipinski definition) is 5. The summed E-state index contributed by atoms with van der Waals surface area (Å²) in [6.45, 7) is 6.07. The summed E-state index contributed by atoms with van der Waals surface area (Å²) < 4.78 is 10.6. The lowest BCUT2D eigenvalue weighted by atomic mass is 10.1. The van der Waals surface area contributed by atoms with Gasteiger partial charge in [0.25, 0.3) is 0 Å². The molecule has 0 saturated carbocycles. The van der Waals surface area contributed by atoms with E-state index in [-0.39, 0.29) is 5.97 Å². The highest BCUT2D eigenvalue weighted by Gasteiger charge is 2.38. The topological polar surface area (TPSA) is 55.8 Å². The summed E-state index contributed by atoms with van der Waals surface area (Å²) >= 11 is 0. The van der Waals surface area contributed by atoms with Gasteiger partial charge in [-0.3, -0.25) is 0 Å². The highest BCUT2D eigenvalue weighted by molar-refractivity contribution is 5.89. The van der Waals surface area contributed by atoms with Gasteiger partial charge in [0.15, 0.2) is 0 Å². The number of esters is 2.